The third-order valence-corrected chi connectivity index (χ3v) is 14.7. The molecule has 0 aliphatic heterocycles. The van der Waals surface area contributed by atoms with Gasteiger partial charge in [0, 0.05) is 55.7 Å². The smallest absolute Gasteiger partial charge is 0.205 e. The molecule has 0 atom stereocenters. The molecule has 0 saturated heterocycles. The van der Waals surface area contributed by atoms with Crippen molar-refractivity contribution in [2.75, 3.05) is 16.9 Å². The van der Waals surface area contributed by atoms with Gasteiger partial charge in [0.05, 0.1) is 7.11 Å². The van der Waals surface area contributed by atoms with Crippen LogP contribution in [0, 0.1) is 0 Å². The van der Waals surface area contributed by atoms with E-state index in [2.05, 4.69) is 257 Å². The molecule has 0 fully saturated rings. The van der Waals surface area contributed by atoms with E-state index in [1.54, 1.807) is 7.11 Å². The Morgan fingerprint density at radius 3 is 0.875 bits per heavy atom. The van der Waals surface area contributed by atoms with Crippen LogP contribution in [0.1, 0.15) is 105 Å². The maximum Gasteiger partial charge on any atom is 0.205 e. The Hall–Kier alpha value is -7.50. The van der Waals surface area contributed by atoms with Gasteiger partial charge in [-0.25, -0.2) is 0 Å². The molecule has 0 aliphatic carbocycles. The molecule has 0 radical (unpaired) electrons. The summed E-state index contributed by atoms with van der Waals surface area (Å²) >= 11 is 0. The standard InChI is InChI=1S/C67H66N2O3/c1-64(2,3)45-16-26-49(27-17-45)68(50-28-18-46(19-29-50)65(4,5)6)53-24-14-41-36-55-57-40-58-56-37-42-15-25-54(35-44(42)39-60(56)72-62(58)63(70-13)61(57)71-59(55)38-43(41)34-53)69(51-30-20-47(21-31-51)66(7,8)9)52-32-22-48(23-33-52)67(10,11)12/h14-40H,1-13H3. The molecule has 5 nitrogen and oxygen atoms in total. The van der Waals surface area contributed by atoms with Crippen LogP contribution in [0.2, 0.25) is 0 Å². The van der Waals surface area contributed by atoms with E-state index in [0.717, 1.165) is 88.4 Å². The van der Waals surface area contributed by atoms with Gasteiger partial charge in [-0.05, 0) is 169 Å². The lowest BCUT2D eigenvalue weighted by molar-refractivity contribution is 0.409. The quantitative estimate of drug-likeness (QED) is 0.159. The van der Waals surface area contributed by atoms with E-state index in [1.807, 2.05) is 0 Å². The molecule has 0 aliphatic rings. The lowest BCUT2D eigenvalue weighted by Crippen LogP contribution is -2.14. The molecule has 0 amide bonds. The van der Waals surface area contributed by atoms with Gasteiger partial charge in [-0.3, -0.25) is 0 Å². The van der Waals surface area contributed by atoms with Gasteiger partial charge in [0.15, 0.2) is 11.2 Å². The van der Waals surface area contributed by atoms with E-state index in [9.17, 15) is 0 Å². The Morgan fingerprint density at radius 2 is 0.597 bits per heavy atom. The maximum atomic E-state index is 6.80. The number of methoxy groups -OCH3 is 1. The molecule has 2 heterocycles. The van der Waals surface area contributed by atoms with Crippen LogP contribution in [0.25, 0.3) is 65.4 Å². The first kappa shape index (κ1) is 46.9. The molecule has 0 saturated carbocycles. The van der Waals surface area contributed by atoms with Crippen molar-refractivity contribution >= 4 is 99.5 Å². The molecule has 5 heteroatoms. The third kappa shape index (κ3) is 8.33. The molecule has 362 valence electrons. The van der Waals surface area contributed by atoms with Gasteiger partial charge in [0.1, 0.15) is 11.2 Å². The third-order valence-electron chi connectivity index (χ3n) is 14.7. The molecule has 9 aromatic carbocycles. The van der Waals surface area contributed by atoms with Gasteiger partial charge < -0.3 is 23.4 Å². The van der Waals surface area contributed by atoms with E-state index in [1.165, 1.54) is 22.3 Å². The molecule has 2 aromatic heterocycles. The van der Waals surface area contributed by atoms with E-state index in [4.69, 9.17) is 13.6 Å². The number of rotatable bonds is 7. The summed E-state index contributed by atoms with van der Waals surface area (Å²) in [5, 5.41) is 8.47. The SMILES string of the molecule is COc1c2oc3cc4cc(N(c5ccc(C(C)(C)C)cc5)c5ccc(C(C)(C)C)cc5)ccc4cc3c2cc2c1oc1cc3cc(N(c4ccc(C(C)(C)C)cc4)c4ccc(C(C)(C)C)cc4)ccc3cc12. The Labute approximate surface area is 424 Å². The topological polar surface area (TPSA) is 42.0 Å². The summed E-state index contributed by atoms with van der Waals surface area (Å²) in [5.41, 5.74) is 14.9. The Bertz CT molecular complexity index is 3480. The Morgan fingerprint density at radius 1 is 0.306 bits per heavy atom. The Balaban J connectivity index is 1.00. The molecule has 0 spiro atoms. The predicted octanol–water partition coefficient (Wildman–Crippen LogP) is 19.9. The fraction of sp³-hybridized carbons (Fsp3) is 0.254. The van der Waals surface area contributed by atoms with Crippen molar-refractivity contribution in [1.29, 1.82) is 0 Å². The van der Waals surface area contributed by atoms with Gasteiger partial charge in [0.25, 0.3) is 0 Å². The minimum atomic E-state index is 0.0554. The molecular weight excluding hydrogens is 881 g/mol. The molecule has 72 heavy (non-hydrogen) atoms. The fourth-order valence-electron chi connectivity index (χ4n) is 10.4. The van der Waals surface area contributed by atoms with Crippen molar-refractivity contribution < 1.29 is 13.6 Å². The van der Waals surface area contributed by atoms with Crippen LogP contribution in [0.15, 0.2) is 173 Å². The maximum absolute atomic E-state index is 6.80. The first-order valence-corrected chi connectivity index (χ1v) is 25.4. The lowest BCUT2D eigenvalue weighted by atomic mass is 9.86. The number of hydrogen-bond acceptors (Lipinski definition) is 5. The van der Waals surface area contributed by atoms with E-state index in [-0.39, 0.29) is 21.7 Å². The highest BCUT2D eigenvalue weighted by Crippen LogP contribution is 2.47. The van der Waals surface area contributed by atoms with Crippen molar-refractivity contribution in [1.82, 2.24) is 0 Å². The summed E-state index contributed by atoms with van der Waals surface area (Å²) < 4.78 is 19.8. The number of furan rings is 2. The minimum Gasteiger partial charge on any atom is -0.490 e. The van der Waals surface area contributed by atoms with Crippen molar-refractivity contribution in [3.8, 4) is 5.75 Å². The number of ether oxygens (including phenoxy) is 1. The molecule has 0 unspecified atom stereocenters. The van der Waals surface area contributed by atoms with Crippen molar-refractivity contribution in [3.63, 3.8) is 0 Å². The average molecular weight is 947 g/mol. The number of nitrogens with zero attached hydrogens (tertiary/aromatic N) is 2. The van der Waals surface area contributed by atoms with Gasteiger partial charge in [-0.2, -0.15) is 0 Å². The summed E-state index contributed by atoms with van der Waals surface area (Å²) in [5.74, 6) is 0.594. The van der Waals surface area contributed by atoms with Crippen LogP contribution in [-0.2, 0) is 21.7 Å². The number of benzene rings is 9. The highest BCUT2D eigenvalue weighted by molar-refractivity contribution is 6.21. The monoisotopic (exact) mass is 947 g/mol. The highest BCUT2D eigenvalue weighted by atomic mass is 16.5. The van der Waals surface area contributed by atoms with Crippen LogP contribution in [0.5, 0.6) is 5.75 Å². The van der Waals surface area contributed by atoms with E-state index >= 15 is 0 Å². The molecule has 11 rings (SSSR count). The number of anilines is 6. The van der Waals surface area contributed by atoms with Crippen molar-refractivity contribution in [2.24, 2.45) is 0 Å². The lowest BCUT2D eigenvalue weighted by Gasteiger charge is -2.28. The van der Waals surface area contributed by atoms with Crippen LogP contribution in [0.4, 0.5) is 34.1 Å². The van der Waals surface area contributed by atoms with E-state index in [0.29, 0.717) is 16.9 Å². The van der Waals surface area contributed by atoms with Crippen molar-refractivity contribution in [3.05, 3.63) is 186 Å². The molecule has 11 aromatic rings. The zero-order chi connectivity index (χ0) is 50.6. The second kappa shape index (κ2) is 16.8. The first-order valence-electron chi connectivity index (χ1n) is 25.4. The van der Waals surface area contributed by atoms with Crippen LogP contribution in [0.3, 0.4) is 0 Å². The molecule has 0 bridgehead atoms. The predicted molar refractivity (Wildman–Crippen MR) is 307 cm³/mol. The average Bonchev–Trinajstić information content (AvgIpc) is 3.88. The summed E-state index contributed by atoms with van der Waals surface area (Å²) in [6.07, 6.45) is 0. The van der Waals surface area contributed by atoms with Gasteiger partial charge in [0.2, 0.25) is 5.75 Å². The second-order valence-corrected chi connectivity index (χ2v) is 24.0. The number of hydrogen-bond donors (Lipinski definition) is 0. The molecular formula is C67H66N2O3. The van der Waals surface area contributed by atoms with Gasteiger partial charge in [-0.1, -0.05) is 144 Å². The zero-order valence-electron chi connectivity index (χ0n) is 44.2. The van der Waals surface area contributed by atoms with Crippen molar-refractivity contribution in [2.45, 2.75) is 105 Å². The van der Waals surface area contributed by atoms with E-state index < -0.39 is 0 Å². The van der Waals surface area contributed by atoms with Crippen LogP contribution in [-0.4, -0.2) is 7.11 Å². The highest BCUT2D eigenvalue weighted by Gasteiger charge is 2.25. The normalized spacial score (nSPS) is 12.8. The summed E-state index contributed by atoms with van der Waals surface area (Å²) in [7, 11) is 1.70. The first-order chi connectivity index (χ1) is 34.1. The number of fused-ring (bicyclic) bond motifs is 8. The largest absolute Gasteiger partial charge is 0.490 e. The minimum absolute atomic E-state index is 0.0554. The fourth-order valence-corrected chi connectivity index (χ4v) is 10.4. The van der Waals surface area contributed by atoms with Gasteiger partial charge in [-0.15, -0.1) is 0 Å². The van der Waals surface area contributed by atoms with Gasteiger partial charge >= 0.3 is 0 Å². The summed E-state index contributed by atoms with van der Waals surface area (Å²) in [4.78, 5) is 4.70. The second-order valence-electron chi connectivity index (χ2n) is 24.0. The van der Waals surface area contributed by atoms with Crippen LogP contribution < -0.4 is 14.5 Å². The summed E-state index contributed by atoms with van der Waals surface area (Å²) in [6.45, 7) is 27.1. The van der Waals surface area contributed by atoms with Crippen LogP contribution >= 0.6 is 0 Å². The zero-order valence-corrected chi connectivity index (χ0v) is 44.2. The summed E-state index contributed by atoms with van der Waals surface area (Å²) in [6, 6.07) is 60.5. The Kier molecular flexibility index (Phi) is 10.9. The molecule has 0 N–H and O–H groups in total.